The van der Waals surface area contributed by atoms with E-state index in [2.05, 4.69) is 0 Å². The summed E-state index contributed by atoms with van der Waals surface area (Å²) in [5.41, 5.74) is 0.418. The predicted octanol–water partition coefficient (Wildman–Crippen LogP) is -0.0969. The molecule has 0 aliphatic heterocycles. The van der Waals surface area contributed by atoms with Gasteiger partial charge in [0.15, 0.2) is 0 Å². The Bertz CT molecular complexity index is 209. The molecule has 1 aliphatic carbocycles. The molecule has 1 aliphatic rings. The average molecular weight is 172 g/mol. The zero-order valence-corrected chi connectivity index (χ0v) is 6.60. The van der Waals surface area contributed by atoms with Crippen molar-refractivity contribution in [2.24, 2.45) is 0 Å². The molecular formula is C8H12O4. The zero-order valence-electron chi connectivity index (χ0n) is 6.60. The number of hydrogen-bond acceptors (Lipinski definition) is 3. The van der Waals surface area contributed by atoms with Crippen molar-refractivity contribution >= 4 is 5.97 Å². The highest BCUT2D eigenvalue weighted by molar-refractivity contribution is 5.80. The Morgan fingerprint density at radius 2 is 2.17 bits per heavy atom. The van der Waals surface area contributed by atoms with E-state index in [1.54, 1.807) is 0 Å². The van der Waals surface area contributed by atoms with Crippen molar-refractivity contribution in [2.45, 2.75) is 31.5 Å². The van der Waals surface area contributed by atoms with Gasteiger partial charge in [0.25, 0.3) is 0 Å². The fraction of sp³-hybridized carbons (Fsp3) is 0.625. The van der Waals surface area contributed by atoms with Gasteiger partial charge in [-0.25, -0.2) is 4.79 Å². The summed E-state index contributed by atoms with van der Waals surface area (Å²) in [6.07, 6.45) is 1.02. The minimum atomic E-state index is -1.07. The third kappa shape index (κ3) is 2.06. The first-order chi connectivity index (χ1) is 5.61. The van der Waals surface area contributed by atoms with Crippen LogP contribution >= 0.6 is 0 Å². The largest absolute Gasteiger partial charge is 0.478 e. The van der Waals surface area contributed by atoms with E-state index in [0.29, 0.717) is 18.4 Å². The Labute approximate surface area is 70.1 Å². The molecule has 68 valence electrons. The van der Waals surface area contributed by atoms with Crippen molar-refractivity contribution in [3.63, 3.8) is 0 Å². The molecule has 1 saturated carbocycles. The van der Waals surface area contributed by atoms with E-state index < -0.39 is 18.2 Å². The highest BCUT2D eigenvalue weighted by Crippen LogP contribution is 2.23. The van der Waals surface area contributed by atoms with Crippen LogP contribution in [0.4, 0.5) is 0 Å². The fourth-order valence-corrected chi connectivity index (χ4v) is 1.38. The first kappa shape index (κ1) is 9.22. The second kappa shape index (κ2) is 3.69. The maximum Gasteiger partial charge on any atom is 0.328 e. The number of aliphatic carboxylic acids is 1. The molecule has 0 radical (unpaired) electrons. The normalized spacial score (nSPS) is 33.7. The fourth-order valence-electron chi connectivity index (χ4n) is 1.38. The van der Waals surface area contributed by atoms with Gasteiger partial charge >= 0.3 is 5.97 Å². The number of carboxylic acids is 1. The Morgan fingerprint density at radius 3 is 2.75 bits per heavy atom. The van der Waals surface area contributed by atoms with Gasteiger partial charge in [-0.3, -0.25) is 0 Å². The zero-order chi connectivity index (χ0) is 9.14. The predicted molar refractivity (Wildman–Crippen MR) is 41.6 cm³/mol. The standard InChI is InChI=1S/C8H12O4/c9-6-3-1-2-5(8(6)12)4-7(10)11/h4,6,8-9,12H,1-3H2,(H,10,11). The van der Waals surface area contributed by atoms with Gasteiger partial charge < -0.3 is 15.3 Å². The van der Waals surface area contributed by atoms with Crippen LogP contribution in [0.15, 0.2) is 11.6 Å². The van der Waals surface area contributed by atoms with Gasteiger partial charge in [-0.15, -0.1) is 0 Å². The van der Waals surface area contributed by atoms with Crippen LogP contribution in [-0.4, -0.2) is 33.5 Å². The lowest BCUT2D eigenvalue weighted by atomic mass is 9.89. The van der Waals surface area contributed by atoms with Crippen molar-refractivity contribution in [3.05, 3.63) is 11.6 Å². The minimum Gasteiger partial charge on any atom is -0.478 e. The van der Waals surface area contributed by atoms with Crippen LogP contribution in [0.3, 0.4) is 0 Å². The third-order valence-corrected chi connectivity index (χ3v) is 2.02. The first-order valence-corrected chi connectivity index (χ1v) is 3.91. The molecule has 1 fully saturated rings. The lowest BCUT2D eigenvalue weighted by Crippen LogP contribution is -2.31. The Balaban J connectivity index is 2.70. The lowest BCUT2D eigenvalue weighted by Gasteiger charge is -2.25. The van der Waals surface area contributed by atoms with E-state index in [0.717, 1.165) is 12.5 Å². The van der Waals surface area contributed by atoms with Gasteiger partial charge in [-0.2, -0.15) is 0 Å². The van der Waals surface area contributed by atoms with E-state index in [1.807, 2.05) is 0 Å². The summed E-state index contributed by atoms with van der Waals surface area (Å²) in [4.78, 5) is 10.3. The first-order valence-electron chi connectivity index (χ1n) is 3.91. The second-order valence-corrected chi connectivity index (χ2v) is 2.96. The number of aliphatic hydroxyl groups is 2. The molecule has 0 amide bonds. The second-order valence-electron chi connectivity index (χ2n) is 2.96. The van der Waals surface area contributed by atoms with Crippen LogP contribution in [0.1, 0.15) is 19.3 Å². The van der Waals surface area contributed by atoms with Crippen molar-refractivity contribution < 1.29 is 20.1 Å². The van der Waals surface area contributed by atoms with Crippen LogP contribution in [0.2, 0.25) is 0 Å². The Kier molecular flexibility index (Phi) is 2.83. The molecule has 0 heterocycles. The summed E-state index contributed by atoms with van der Waals surface area (Å²) in [7, 11) is 0. The smallest absolute Gasteiger partial charge is 0.328 e. The van der Waals surface area contributed by atoms with Crippen LogP contribution in [0.25, 0.3) is 0 Å². The summed E-state index contributed by atoms with van der Waals surface area (Å²) in [5.74, 6) is -1.07. The molecule has 2 unspecified atom stereocenters. The topological polar surface area (TPSA) is 77.8 Å². The maximum atomic E-state index is 10.3. The molecule has 0 aromatic heterocycles. The molecule has 0 spiro atoms. The van der Waals surface area contributed by atoms with Crippen LogP contribution < -0.4 is 0 Å². The highest BCUT2D eigenvalue weighted by Gasteiger charge is 2.25. The molecular weight excluding hydrogens is 160 g/mol. The lowest BCUT2D eigenvalue weighted by molar-refractivity contribution is -0.131. The molecule has 0 saturated heterocycles. The van der Waals surface area contributed by atoms with E-state index in [9.17, 15) is 15.0 Å². The highest BCUT2D eigenvalue weighted by atomic mass is 16.4. The summed E-state index contributed by atoms with van der Waals surface area (Å²) >= 11 is 0. The Morgan fingerprint density at radius 1 is 1.50 bits per heavy atom. The molecule has 0 aromatic rings. The van der Waals surface area contributed by atoms with Crippen molar-refractivity contribution in [2.75, 3.05) is 0 Å². The Hall–Kier alpha value is -0.870. The SMILES string of the molecule is O=C(O)C=C1CCCC(O)C1O. The number of rotatable bonds is 1. The molecule has 2 atom stereocenters. The van der Waals surface area contributed by atoms with E-state index in [4.69, 9.17) is 5.11 Å². The molecule has 0 bridgehead atoms. The van der Waals surface area contributed by atoms with E-state index >= 15 is 0 Å². The maximum absolute atomic E-state index is 10.3. The summed E-state index contributed by atoms with van der Waals surface area (Å²) in [5, 5.41) is 26.9. The van der Waals surface area contributed by atoms with Crippen LogP contribution in [-0.2, 0) is 4.79 Å². The molecule has 1 rings (SSSR count). The van der Waals surface area contributed by atoms with Crippen LogP contribution in [0, 0.1) is 0 Å². The van der Waals surface area contributed by atoms with E-state index in [1.165, 1.54) is 0 Å². The van der Waals surface area contributed by atoms with Gasteiger partial charge in [0.1, 0.15) is 6.10 Å². The van der Waals surface area contributed by atoms with E-state index in [-0.39, 0.29) is 0 Å². The number of carbonyl (C=O) groups is 1. The molecule has 4 nitrogen and oxygen atoms in total. The summed E-state index contributed by atoms with van der Waals surface area (Å²) in [6.45, 7) is 0. The number of aliphatic hydroxyl groups excluding tert-OH is 2. The van der Waals surface area contributed by atoms with Crippen molar-refractivity contribution in [1.82, 2.24) is 0 Å². The van der Waals surface area contributed by atoms with Gasteiger partial charge in [0.05, 0.1) is 6.10 Å². The molecule has 4 heteroatoms. The number of hydrogen-bond donors (Lipinski definition) is 3. The van der Waals surface area contributed by atoms with Gasteiger partial charge in [0.2, 0.25) is 0 Å². The molecule has 12 heavy (non-hydrogen) atoms. The van der Waals surface area contributed by atoms with Gasteiger partial charge in [-0.05, 0) is 24.8 Å². The van der Waals surface area contributed by atoms with Crippen molar-refractivity contribution in [1.29, 1.82) is 0 Å². The summed E-state index contributed by atoms with van der Waals surface area (Å²) < 4.78 is 0. The molecule has 0 aromatic carbocycles. The minimum absolute atomic E-state index is 0.418. The third-order valence-electron chi connectivity index (χ3n) is 2.02. The van der Waals surface area contributed by atoms with Crippen molar-refractivity contribution in [3.8, 4) is 0 Å². The summed E-state index contributed by atoms with van der Waals surface area (Å²) in [6, 6.07) is 0. The van der Waals surface area contributed by atoms with Gasteiger partial charge in [-0.1, -0.05) is 0 Å². The molecule has 3 N–H and O–H groups in total. The van der Waals surface area contributed by atoms with Crippen LogP contribution in [0.5, 0.6) is 0 Å². The number of carboxylic acid groups (broad SMARTS) is 1. The quantitative estimate of drug-likeness (QED) is 0.483. The van der Waals surface area contributed by atoms with Gasteiger partial charge in [0, 0.05) is 6.08 Å². The monoisotopic (exact) mass is 172 g/mol. The average Bonchev–Trinajstić information content (AvgIpc) is 1.98.